The van der Waals surface area contributed by atoms with E-state index in [4.69, 9.17) is 23.2 Å². The zero-order chi connectivity index (χ0) is 15.1. The number of aromatic nitrogens is 1. The van der Waals surface area contributed by atoms with Crippen LogP contribution in [0.25, 0.3) is 0 Å². The van der Waals surface area contributed by atoms with Crippen LogP contribution in [-0.4, -0.2) is 13.4 Å². The van der Waals surface area contributed by atoms with Gasteiger partial charge in [0.25, 0.3) is 10.0 Å². The number of hydrogen-bond donors (Lipinski definition) is 1. The molecule has 0 fully saturated rings. The Hall–Kier alpha value is -0.340. The van der Waals surface area contributed by atoms with Gasteiger partial charge in [-0.05, 0) is 47.5 Å². The molecule has 0 spiro atoms. The molecule has 108 valence electrons. The monoisotopic (exact) mass is 414 g/mol. The van der Waals surface area contributed by atoms with Gasteiger partial charge in [0.15, 0.2) is 5.15 Å². The number of nitrogens with zero attached hydrogens (tertiary/aromatic N) is 1. The van der Waals surface area contributed by atoms with Gasteiger partial charge in [-0.2, -0.15) is 0 Å². The maximum absolute atomic E-state index is 12.4. The second kappa shape index (κ2) is 5.81. The van der Waals surface area contributed by atoms with Crippen molar-refractivity contribution in [1.29, 1.82) is 0 Å². The van der Waals surface area contributed by atoms with Gasteiger partial charge in [0.2, 0.25) is 0 Å². The van der Waals surface area contributed by atoms with Crippen molar-refractivity contribution >= 4 is 66.2 Å². The first-order valence-corrected chi connectivity index (χ1v) is 9.17. The smallest absolute Gasteiger partial charge is 0.263 e. The number of anilines is 1. The van der Waals surface area contributed by atoms with Crippen LogP contribution < -0.4 is 4.72 Å². The molecule has 0 aromatic carbocycles. The second-order valence-corrected chi connectivity index (χ2v) is 9.04. The molecule has 0 atom stereocenters. The molecule has 0 saturated heterocycles. The summed E-state index contributed by atoms with van der Waals surface area (Å²) in [6.45, 7) is 3.44. The molecule has 0 unspecified atom stereocenters. The third-order valence-corrected chi connectivity index (χ3v) is 6.14. The Balaban J connectivity index is 2.46. The number of pyridine rings is 1. The number of thiophene rings is 1. The fraction of sp³-hybridized carbons (Fsp3) is 0.182. The molecule has 2 aromatic rings. The summed E-state index contributed by atoms with van der Waals surface area (Å²) in [6.07, 6.45) is 0. The van der Waals surface area contributed by atoms with Gasteiger partial charge in [-0.15, -0.1) is 11.3 Å². The van der Waals surface area contributed by atoms with Crippen molar-refractivity contribution in [2.24, 2.45) is 0 Å². The van der Waals surface area contributed by atoms with Crippen LogP contribution in [0.5, 0.6) is 0 Å². The highest BCUT2D eigenvalue weighted by molar-refractivity contribution is 9.11. The second-order valence-electron chi connectivity index (χ2n) is 4.00. The summed E-state index contributed by atoms with van der Waals surface area (Å²) >= 11 is 16.3. The first kappa shape index (κ1) is 16.0. The van der Waals surface area contributed by atoms with Crippen LogP contribution in [0.4, 0.5) is 5.69 Å². The molecule has 0 bridgehead atoms. The molecule has 0 saturated carbocycles. The number of sulfonamides is 1. The number of rotatable bonds is 3. The number of aryl methyl sites for hydroxylation is 2. The number of hydrogen-bond acceptors (Lipinski definition) is 4. The molecule has 0 aliphatic carbocycles. The molecule has 0 radical (unpaired) electrons. The minimum Gasteiger partial charge on any atom is -0.276 e. The lowest BCUT2D eigenvalue weighted by Gasteiger charge is -2.11. The first-order valence-electron chi connectivity index (χ1n) is 5.32. The van der Waals surface area contributed by atoms with E-state index in [1.807, 2.05) is 0 Å². The predicted molar refractivity (Wildman–Crippen MR) is 86.6 cm³/mol. The van der Waals surface area contributed by atoms with Crippen LogP contribution in [0.3, 0.4) is 0 Å². The summed E-state index contributed by atoms with van der Waals surface area (Å²) in [5.74, 6) is 0. The molecule has 2 heterocycles. The van der Waals surface area contributed by atoms with E-state index in [2.05, 4.69) is 25.6 Å². The van der Waals surface area contributed by atoms with Crippen molar-refractivity contribution in [2.45, 2.75) is 18.7 Å². The fourth-order valence-corrected chi connectivity index (χ4v) is 5.79. The first-order chi connectivity index (χ1) is 9.20. The maximum atomic E-state index is 12.4. The molecule has 0 aliphatic rings. The summed E-state index contributed by atoms with van der Waals surface area (Å²) < 4.78 is 28.0. The summed E-state index contributed by atoms with van der Waals surface area (Å²) in [4.78, 5) is 4.73. The quantitative estimate of drug-likeness (QED) is 0.743. The van der Waals surface area contributed by atoms with Crippen molar-refractivity contribution in [3.8, 4) is 0 Å². The Morgan fingerprint density at radius 3 is 2.45 bits per heavy atom. The lowest BCUT2D eigenvalue weighted by atomic mass is 10.3. The zero-order valence-corrected chi connectivity index (χ0v) is 15.1. The molecule has 0 amide bonds. The lowest BCUT2D eigenvalue weighted by molar-refractivity contribution is 0.601. The Kier molecular flexibility index (Phi) is 4.66. The van der Waals surface area contributed by atoms with E-state index < -0.39 is 10.0 Å². The van der Waals surface area contributed by atoms with Gasteiger partial charge in [-0.1, -0.05) is 23.2 Å². The molecule has 2 aromatic heterocycles. The Morgan fingerprint density at radius 2 is 1.95 bits per heavy atom. The molecule has 0 aliphatic heterocycles. The summed E-state index contributed by atoms with van der Waals surface area (Å²) in [7, 11) is -3.72. The highest BCUT2D eigenvalue weighted by atomic mass is 79.9. The normalized spacial score (nSPS) is 11.7. The average molecular weight is 416 g/mol. The van der Waals surface area contributed by atoms with Gasteiger partial charge >= 0.3 is 0 Å². The van der Waals surface area contributed by atoms with Crippen LogP contribution in [0.1, 0.15) is 10.4 Å². The summed E-state index contributed by atoms with van der Waals surface area (Å²) in [6, 6.07) is 3.09. The lowest BCUT2D eigenvalue weighted by Crippen LogP contribution is -2.14. The number of nitrogens with one attached hydrogen (secondary N) is 1. The van der Waals surface area contributed by atoms with E-state index in [-0.39, 0.29) is 20.9 Å². The standard InChI is InChI=1S/C11H9BrCl2N2O2S2/c1-5-3-9(13)15-11(14)10(5)16-20(17,18)7-4-8(12)19-6(7)2/h3-4,16H,1-2H3. The van der Waals surface area contributed by atoms with E-state index in [0.29, 0.717) is 10.4 Å². The minimum absolute atomic E-state index is 0.0190. The van der Waals surface area contributed by atoms with Crippen LogP contribution in [0.15, 0.2) is 20.8 Å². The van der Waals surface area contributed by atoms with Crippen LogP contribution >= 0.6 is 50.5 Å². The van der Waals surface area contributed by atoms with Gasteiger partial charge in [0, 0.05) is 4.88 Å². The third-order valence-electron chi connectivity index (χ3n) is 2.51. The molecule has 4 nitrogen and oxygen atoms in total. The Morgan fingerprint density at radius 1 is 1.30 bits per heavy atom. The van der Waals surface area contributed by atoms with Gasteiger partial charge < -0.3 is 0 Å². The van der Waals surface area contributed by atoms with E-state index in [1.165, 1.54) is 11.3 Å². The molecule has 1 N–H and O–H groups in total. The topological polar surface area (TPSA) is 59.1 Å². The minimum atomic E-state index is -3.72. The van der Waals surface area contributed by atoms with Crippen LogP contribution in [0, 0.1) is 13.8 Å². The molecular weight excluding hydrogens is 407 g/mol. The van der Waals surface area contributed by atoms with Crippen LogP contribution in [0.2, 0.25) is 10.3 Å². The highest BCUT2D eigenvalue weighted by Gasteiger charge is 2.22. The van der Waals surface area contributed by atoms with Gasteiger partial charge in [0.05, 0.1) is 9.47 Å². The van der Waals surface area contributed by atoms with Crippen LogP contribution in [-0.2, 0) is 10.0 Å². The molecule has 20 heavy (non-hydrogen) atoms. The van der Waals surface area contributed by atoms with Gasteiger partial charge in [-0.3, -0.25) is 4.72 Å². The van der Waals surface area contributed by atoms with Crippen molar-refractivity contribution < 1.29 is 8.42 Å². The molecular formula is C11H9BrCl2N2O2S2. The van der Waals surface area contributed by atoms with E-state index in [0.717, 1.165) is 3.79 Å². The van der Waals surface area contributed by atoms with Gasteiger partial charge in [0.1, 0.15) is 10.0 Å². The molecule has 2 rings (SSSR count). The number of halogens is 3. The SMILES string of the molecule is Cc1cc(Cl)nc(Cl)c1NS(=O)(=O)c1cc(Br)sc1C. The zero-order valence-electron chi connectivity index (χ0n) is 10.4. The average Bonchev–Trinajstić information content (AvgIpc) is 2.64. The van der Waals surface area contributed by atoms with E-state index in [1.54, 1.807) is 26.0 Å². The van der Waals surface area contributed by atoms with Gasteiger partial charge in [-0.25, -0.2) is 13.4 Å². The summed E-state index contributed by atoms with van der Waals surface area (Å²) in [5, 5.41) is 0.232. The largest absolute Gasteiger partial charge is 0.276 e. The van der Waals surface area contributed by atoms with Crippen molar-refractivity contribution in [1.82, 2.24) is 4.98 Å². The Bertz CT molecular complexity index is 752. The van der Waals surface area contributed by atoms with E-state index >= 15 is 0 Å². The fourth-order valence-electron chi connectivity index (χ4n) is 1.60. The third kappa shape index (κ3) is 3.28. The Labute approximate surface area is 139 Å². The van der Waals surface area contributed by atoms with E-state index in [9.17, 15) is 8.42 Å². The highest BCUT2D eigenvalue weighted by Crippen LogP contribution is 2.33. The summed E-state index contributed by atoms with van der Waals surface area (Å²) in [5.41, 5.74) is 0.836. The van der Waals surface area contributed by atoms with Crippen molar-refractivity contribution in [2.75, 3.05) is 4.72 Å². The van der Waals surface area contributed by atoms with Crippen molar-refractivity contribution in [3.63, 3.8) is 0 Å². The predicted octanol–water partition coefficient (Wildman–Crippen LogP) is 4.63. The van der Waals surface area contributed by atoms with Crippen molar-refractivity contribution in [3.05, 3.63) is 36.7 Å². The molecule has 9 heteroatoms. The maximum Gasteiger partial charge on any atom is 0.263 e.